The molecule has 1 fully saturated rings. The van der Waals surface area contributed by atoms with Gasteiger partial charge in [-0.1, -0.05) is 6.92 Å². The van der Waals surface area contributed by atoms with E-state index >= 15 is 0 Å². The van der Waals surface area contributed by atoms with Crippen molar-refractivity contribution in [2.45, 2.75) is 57.7 Å². The molecule has 88 valence electrons. The Bertz CT molecular complexity index is 209. The first-order chi connectivity index (χ1) is 7.15. The van der Waals surface area contributed by atoms with Crippen LogP contribution < -0.4 is 10.6 Å². The van der Waals surface area contributed by atoms with E-state index in [9.17, 15) is 9.90 Å². The SMILES string of the molecule is CCCNC(=O)C(C)N[C@@H]1CCC[C@H]1O. The molecule has 1 rings (SSSR count). The summed E-state index contributed by atoms with van der Waals surface area (Å²) < 4.78 is 0. The second-order valence-corrected chi connectivity index (χ2v) is 4.28. The first-order valence-corrected chi connectivity index (χ1v) is 5.87. The van der Waals surface area contributed by atoms with Gasteiger partial charge in [0.2, 0.25) is 5.91 Å². The highest BCUT2D eigenvalue weighted by molar-refractivity contribution is 5.81. The highest BCUT2D eigenvalue weighted by Crippen LogP contribution is 2.19. The average Bonchev–Trinajstić information content (AvgIpc) is 2.61. The lowest BCUT2D eigenvalue weighted by Gasteiger charge is -2.21. The van der Waals surface area contributed by atoms with Crippen LogP contribution in [0.4, 0.5) is 0 Å². The van der Waals surface area contributed by atoms with Crippen LogP contribution in [0.2, 0.25) is 0 Å². The van der Waals surface area contributed by atoms with Crippen molar-refractivity contribution in [3.63, 3.8) is 0 Å². The van der Waals surface area contributed by atoms with E-state index in [1.54, 1.807) is 0 Å². The van der Waals surface area contributed by atoms with Crippen molar-refractivity contribution < 1.29 is 9.90 Å². The van der Waals surface area contributed by atoms with E-state index in [1.165, 1.54) is 0 Å². The van der Waals surface area contributed by atoms with Crippen molar-refractivity contribution in [3.8, 4) is 0 Å². The van der Waals surface area contributed by atoms with E-state index in [1.807, 2.05) is 13.8 Å². The minimum atomic E-state index is -0.286. The second kappa shape index (κ2) is 6.08. The van der Waals surface area contributed by atoms with E-state index in [2.05, 4.69) is 10.6 Å². The zero-order chi connectivity index (χ0) is 11.3. The molecule has 3 atom stereocenters. The zero-order valence-electron chi connectivity index (χ0n) is 9.62. The number of aliphatic hydroxyl groups excluding tert-OH is 1. The summed E-state index contributed by atoms with van der Waals surface area (Å²) >= 11 is 0. The summed E-state index contributed by atoms with van der Waals surface area (Å²) in [6.45, 7) is 4.59. The van der Waals surface area contributed by atoms with Crippen LogP contribution in [0.5, 0.6) is 0 Å². The van der Waals surface area contributed by atoms with E-state index in [0.717, 1.165) is 32.2 Å². The number of amides is 1. The molecule has 4 nitrogen and oxygen atoms in total. The van der Waals surface area contributed by atoms with Crippen molar-refractivity contribution in [1.29, 1.82) is 0 Å². The zero-order valence-corrected chi connectivity index (χ0v) is 9.62. The third-order valence-corrected chi connectivity index (χ3v) is 2.89. The van der Waals surface area contributed by atoms with Crippen LogP contribution in [-0.2, 0) is 4.79 Å². The van der Waals surface area contributed by atoms with E-state index < -0.39 is 0 Å². The summed E-state index contributed by atoms with van der Waals surface area (Å²) in [5.74, 6) is 0.0240. The van der Waals surface area contributed by atoms with E-state index in [0.29, 0.717) is 0 Å². The van der Waals surface area contributed by atoms with Gasteiger partial charge in [-0.2, -0.15) is 0 Å². The maximum absolute atomic E-state index is 11.5. The van der Waals surface area contributed by atoms with E-state index in [-0.39, 0.29) is 24.1 Å². The molecule has 0 aromatic heterocycles. The molecular weight excluding hydrogens is 192 g/mol. The van der Waals surface area contributed by atoms with Gasteiger partial charge in [-0.3, -0.25) is 4.79 Å². The van der Waals surface area contributed by atoms with Gasteiger partial charge in [-0.25, -0.2) is 0 Å². The van der Waals surface area contributed by atoms with Crippen LogP contribution >= 0.6 is 0 Å². The Morgan fingerprint density at radius 2 is 2.27 bits per heavy atom. The third-order valence-electron chi connectivity index (χ3n) is 2.89. The molecule has 0 heterocycles. The highest BCUT2D eigenvalue weighted by Gasteiger charge is 2.27. The Hall–Kier alpha value is -0.610. The summed E-state index contributed by atoms with van der Waals surface area (Å²) in [5, 5.41) is 15.6. The van der Waals surface area contributed by atoms with Gasteiger partial charge < -0.3 is 15.7 Å². The summed E-state index contributed by atoms with van der Waals surface area (Å²) in [5.41, 5.74) is 0. The minimum absolute atomic E-state index is 0.0240. The molecule has 0 saturated heterocycles. The van der Waals surface area contributed by atoms with Gasteiger partial charge in [0.1, 0.15) is 0 Å². The molecule has 0 aliphatic heterocycles. The number of rotatable bonds is 5. The van der Waals surface area contributed by atoms with Gasteiger partial charge in [-0.15, -0.1) is 0 Å². The van der Waals surface area contributed by atoms with Crippen LogP contribution in [0.15, 0.2) is 0 Å². The molecule has 1 unspecified atom stereocenters. The monoisotopic (exact) mass is 214 g/mol. The van der Waals surface area contributed by atoms with Crippen LogP contribution in [0.1, 0.15) is 39.5 Å². The topological polar surface area (TPSA) is 61.4 Å². The fourth-order valence-corrected chi connectivity index (χ4v) is 1.93. The maximum atomic E-state index is 11.5. The van der Waals surface area contributed by atoms with E-state index in [4.69, 9.17) is 0 Å². The van der Waals surface area contributed by atoms with Gasteiger partial charge in [0.25, 0.3) is 0 Å². The number of carbonyl (C=O) groups excluding carboxylic acids is 1. The number of aliphatic hydroxyl groups is 1. The fraction of sp³-hybridized carbons (Fsp3) is 0.909. The number of hydrogen-bond donors (Lipinski definition) is 3. The lowest BCUT2D eigenvalue weighted by Crippen LogP contribution is -2.49. The Balaban J connectivity index is 2.27. The van der Waals surface area contributed by atoms with Gasteiger partial charge >= 0.3 is 0 Å². The highest BCUT2D eigenvalue weighted by atomic mass is 16.3. The van der Waals surface area contributed by atoms with Crippen molar-refractivity contribution in [2.24, 2.45) is 0 Å². The predicted octanol–water partition coefficient (Wildman–Crippen LogP) is 0.404. The van der Waals surface area contributed by atoms with Gasteiger partial charge in [0.15, 0.2) is 0 Å². The summed E-state index contributed by atoms with van der Waals surface area (Å²) in [7, 11) is 0. The molecular formula is C11H22N2O2. The molecule has 0 bridgehead atoms. The molecule has 15 heavy (non-hydrogen) atoms. The van der Waals surface area contributed by atoms with Crippen molar-refractivity contribution in [3.05, 3.63) is 0 Å². The fourth-order valence-electron chi connectivity index (χ4n) is 1.93. The number of nitrogens with one attached hydrogen (secondary N) is 2. The predicted molar refractivity (Wildman–Crippen MR) is 59.5 cm³/mol. The van der Waals surface area contributed by atoms with Gasteiger partial charge in [-0.05, 0) is 32.6 Å². The molecule has 1 amide bonds. The Labute approximate surface area is 91.4 Å². The second-order valence-electron chi connectivity index (χ2n) is 4.28. The van der Waals surface area contributed by atoms with Gasteiger partial charge in [0.05, 0.1) is 12.1 Å². The number of carbonyl (C=O) groups is 1. The first-order valence-electron chi connectivity index (χ1n) is 5.87. The lowest BCUT2D eigenvalue weighted by atomic mass is 10.2. The summed E-state index contributed by atoms with van der Waals surface area (Å²) in [4.78, 5) is 11.5. The molecule has 0 radical (unpaired) electrons. The van der Waals surface area contributed by atoms with Crippen molar-refractivity contribution in [2.75, 3.05) is 6.54 Å². The van der Waals surface area contributed by atoms with Crippen LogP contribution in [0.3, 0.4) is 0 Å². The molecule has 1 aliphatic rings. The van der Waals surface area contributed by atoms with Crippen LogP contribution in [-0.4, -0.2) is 35.7 Å². The first kappa shape index (κ1) is 12.5. The van der Waals surface area contributed by atoms with Crippen LogP contribution in [0.25, 0.3) is 0 Å². The normalized spacial score (nSPS) is 27.7. The van der Waals surface area contributed by atoms with Crippen molar-refractivity contribution in [1.82, 2.24) is 10.6 Å². The molecule has 1 aliphatic carbocycles. The molecule has 1 saturated carbocycles. The standard InChI is InChI=1S/C11H22N2O2/c1-3-7-12-11(15)8(2)13-9-5-4-6-10(9)14/h8-10,13-14H,3-7H2,1-2H3,(H,12,15)/t8?,9-,10-/m1/s1. The Morgan fingerprint density at radius 3 is 2.80 bits per heavy atom. The Kier molecular flexibility index (Phi) is 5.05. The largest absolute Gasteiger partial charge is 0.392 e. The summed E-state index contributed by atoms with van der Waals surface area (Å²) in [6, 6.07) is -0.123. The molecule has 0 spiro atoms. The molecule has 0 aromatic rings. The average molecular weight is 214 g/mol. The Morgan fingerprint density at radius 1 is 1.53 bits per heavy atom. The molecule has 4 heteroatoms. The maximum Gasteiger partial charge on any atom is 0.236 e. The molecule has 3 N–H and O–H groups in total. The quantitative estimate of drug-likeness (QED) is 0.621. The third kappa shape index (κ3) is 3.80. The van der Waals surface area contributed by atoms with Crippen molar-refractivity contribution >= 4 is 5.91 Å². The smallest absolute Gasteiger partial charge is 0.236 e. The minimum Gasteiger partial charge on any atom is -0.392 e. The summed E-state index contributed by atoms with van der Waals surface area (Å²) in [6.07, 6.45) is 3.52. The number of hydrogen-bond acceptors (Lipinski definition) is 3. The lowest BCUT2D eigenvalue weighted by molar-refractivity contribution is -0.123. The van der Waals surface area contributed by atoms with Crippen LogP contribution in [0, 0.1) is 0 Å². The molecule has 0 aromatic carbocycles. The van der Waals surface area contributed by atoms with Gasteiger partial charge in [0, 0.05) is 12.6 Å².